The zero-order valence-corrected chi connectivity index (χ0v) is 14.2. The average molecular weight is 365 g/mol. The standard InChI is InChI=1S/C21H13F2NO3/c1-10-6-12(25)7-15-14(10)8-16(13-2-3-17(26)20(23)19(13)22)18(15)21-11(9-24)4-5-27-21/h2-7,25-26H,8H2,1H3. The van der Waals surface area contributed by atoms with Crippen LogP contribution in [0.15, 0.2) is 41.0 Å². The van der Waals surface area contributed by atoms with Crippen LogP contribution in [0.25, 0.3) is 11.1 Å². The van der Waals surface area contributed by atoms with Gasteiger partial charge in [0.05, 0.1) is 11.8 Å². The lowest BCUT2D eigenvalue weighted by Gasteiger charge is -2.10. The second kappa shape index (κ2) is 5.99. The molecule has 2 N–H and O–H groups in total. The summed E-state index contributed by atoms with van der Waals surface area (Å²) in [6, 6.07) is 8.98. The summed E-state index contributed by atoms with van der Waals surface area (Å²) in [6.07, 6.45) is 1.61. The summed E-state index contributed by atoms with van der Waals surface area (Å²) in [5.74, 6) is -3.05. The number of halogens is 2. The highest BCUT2D eigenvalue weighted by molar-refractivity contribution is 6.04. The van der Waals surface area contributed by atoms with E-state index >= 15 is 0 Å². The molecule has 0 atom stereocenters. The minimum absolute atomic E-state index is 0.0208. The SMILES string of the molecule is Cc1cc(O)cc2c1CC(c1ccc(O)c(F)c1F)=C2c1occc1C#N. The fourth-order valence-electron chi connectivity index (χ4n) is 3.54. The molecule has 1 heterocycles. The topological polar surface area (TPSA) is 77.4 Å². The Hall–Kier alpha value is -3.59. The zero-order valence-electron chi connectivity index (χ0n) is 14.2. The summed E-state index contributed by atoms with van der Waals surface area (Å²) in [5.41, 5.74) is 3.26. The number of phenolic OH excluding ortho intramolecular Hbond substituents is 2. The van der Waals surface area contributed by atoms with Gasteiger partial charge in [-0.3, -0.25) is 0 Å². The fraction of sp³-hybridized carbons (Fsp3) is 0.0952. The molecule has 134 valence electrons. The normalized spacial score (nSPS) is 13.0. The van der Waals surface area contributed by atoms with Gasteiger partial charge in [0.1, 0.15) is 11.8 Å². The van der Waals surface area contributed by atoms with Crippen molar-refractivity contribution in [2.45, 2.75) is 13.3 Å². The van der Waals surface area contributed by atoms with Gasteiger partial charge in [-0.15, -0.1) is 0 Å². The number of benzene rings is 2. The quantitative estimate of drug-likeness (QED) is 0.692. The van der Waals surface area contributed by atoms with Crippen molar-refractivity contribution in [2.24, 2.45) is 0 Å². The molecular formula is C21H13F2NO3. The highest BCUT2D eigenvalue weighted by Gasteiger charge is 2.31. The number of hydrogen-bond acceptors (Lipinski definition) is 4. The van der Waals surface area contributed by atoms with E-state index in [0.717, 1.165) is 17.2 Å². The average Bonchev–Trinajstić information content (AvgIpc) is 3.23. The molecule has 0 unspecified atom stereocenters. The number of aromatic hydroxyl groups is 2. The van der Waals surface area contributed by atoms with Crippen molar-refractivity contribution < 1.29 is 23.4 Å². The Kier molecular flexibility index (Phi) is 3.74. The number of aryl methyl sites for hydroxylation is 1. The Morgan fingerprint density at radius 3 is 2.59 bits per heavy atom. The van der Waals surface area contributed by atoms with Gasteiger partial charge in [-0.1, -0.05) is 0 Å². The first-order valence-electron chi connectivity index (χ1n) is 8.13. The number of furan rings is 1. The predicted octanol–water partition coefficient (Wildman–Crippen LogP) is 4.66. The van der Waals surface area contributed by atoms with E-state index < -0.39 is 17.4 Å². The lowest BCUT2D eigenvalue weighted by Crippen LogP contribution is -1.97. The molecule has 4 nitrogen and oxygen atoms in total. The molecule has 0 aliphatic heterocycles. The van der Waals surface area contributed by atoms with Crippen molar-refractivity contribution in [1.82, 2.24) is 0 Å². The van der Waals surface area contributed by atoms with Crippen molar-refractivity contribution in [2.75, 3.05) is 0 Å². The minimum atomic E-state index is -1.34. The number of phenols is 2. The summed E-state index contributed by atoms with van der Waals surface area (Å²) in [4.78, 5) is 0. The van der Waals surface area contributed by atoms with Gasteiger partial charge in [-0.05, 0) is 65.9 Å². The maximum Gasteiger partial charge on any atom is 0.200 e. The number of rotatable bonds is 2. The van der Waals surface area contributed by atoms with E-state index in [1.54, 1.807) is 13.0 Å². The first-order valence-corrected chi connectivity index (χ1v) is 8.13. The number of fused-ring (bicyclic) bond motifs is 1. The van der Waals surface area contributed by atoms with Gasteiger partial charge in [0.2, 0.25) is 5.82 Å². The van der Waals surface area contributed by atoms with Gasteiger partial charge in [0, 0.05) is 11.1 Å². The highest BCUT2D eigenvalue weighted by Crippen LogP contribution is 2.46. The Morgan fingerprint density at radius 2 is 1.85 bits per heavy atom. The molecule has 1 aliphatic rings. The largest absolute Gasteiger partial charge is 0.508 e. The molecule has 0 radical (unpaired) electrons. The number of nitrogens with zero attached hydrogens (tertiary/aromatic N) is 1. The lowest BCUT2D eigenvalue weighted by atomic mass is 9.96. The van der Waals surface area contributed by atoms with Gasteiger partial charge in [-0.25, -0.2) is 4.39 Å². The van der Waals surface area contributed by atoms with Gasteiger partial charge in [0.15, 0.2) is 17.3 Å². The first-order chi connectivity index (χ1) is 12.9. The molecule has 1 aliphatic carbocycles. The van der Waals surface area contributed by atoms with Crippen molar-refractivity contribution in [3.63, 3.8) is 0 Å². The van der Waals surface area contributed by atoms with Crippen LogP contribution in [0.5, 0.6) is 11.5 Å². The van der Waals surface area contributed by atoms with Crippen molar-refractivity contribution >= 4 is 11.1 Å². The van der Waals surface area contributed by atoms with Crippen LogP contribution in [0.4, 0.5) is 8.78 Å². The minimum Gasteiger partial charge on any atom is -0.508 e. The zero-order chi connectivity index (χ0) is 19.3. The summed E-state index contributed by atoms with van der Waals surface area (Å²) in [7, 11) is 0. The van der Waals surface area contributed by atoms with E-state index in [-0.39, 0.29) is 29.1 Å². The molecule has 4 rings (SSSR count). The van der Waals surface area contributed by atoms with Gasteiger partial charge >= 0.3 is 0 Å². The molecule has 0 bridgehead atoms. The molecule has 2 aromatic carbocycles. The summed E-state index contributed by atoms with van der Waals surface area (Å²) < 4.78 is 34.1. The van der Waals surface area contributed by atoms with E-state index in [1.807, 2.05) is 6.07 Å². The third-order valence-corrected chi connectivity index (χ3v) is 4.78. The monoisotopic (exact) mass is 365 g/mol. The van der Waals surface area contributed by atoms with Crippen LogP contribution in [0.2, 0.25) is 0 Å². The van der Waals surface area contributed by atoms with E-state index in [2.05, 4.69) is 0 Å². The van der Waals surface area contributed by atoms with E-state index in [4.69, 9.17) is 4.42 Å². The van der Waals surface area contributed by atoms with Gasteiger partial charge in [-0.2, -0.15) is 9.65 Å². The maximum atomic E-state index is 14.6. The van der Waals surface area contributed by atoms with Crippen LogP contribution in [-0.4, -0.2) is 10.2 Å². The first kappa shape index (κ1) is 16.9. The van der Waals surface area contributed by atoms with Crippen LogP contribution >= 0.6 is 0 Å². The second-order valence-corrected chi connectivity index (χ2v) is 6.35. The molecule has 0 amide bonds. The van der Waals surface area contributed by atoms with Crippen molar-refractivity contribution in [1.29, 1.82) is 5.26 Å². The van der Waals surface area contributed by atoms with Crippen molar-refractivity contribution in [3.05, 3.63) is 81.8 Å². The van der Waals surface area contributed by atoms with Crippen LogP contribution in [0.3, 0.4) is 0 Å². The molecule has 0 fully saturated rings. The predicted molar refractivity (Wildman–Crippen MR) is 93.9 cm³/mol. The molecule has 27 heavy (non-hydrogen) atoms. The number of nitriles is 1. The van der Waals surface area contributed by atoms with Crippen molar-refractivity contribution in [3.8, 4) is 17.6 Å². The number of hydrogen-bond donors (Lipinski definition) is 2. The Balaban J connectivity index is 2.07. The Morgan fingerprint density at radius 1 is 1.07 bits per heavy atom. The van der Waals surface area contributed by atoms with E-state index in [9.17, 15) is 24.3 Å². The van der Waals surface area contributed by atoms with Crippen LogP contribution in [-0.2, 0) is 6.42 Å². The third kappa shape index (κ3) is 2.48. The molecule has 0 spiro atoms. The molecule has 0 saturated carbocycles. The van der Waals surface area contributed by atoms with Crippen LogP contribution in [0, 0.1) is 29.9 Å². The van der Waals surface area contributed by atoms with Gasteiger partial charge < -0.3 is 14.6 Å². The van der Waals surface area contributed by atoms with E-state index in [1.165, 1.54) is 24.5 Å². The molecule has 6 heteroatoms. The van der Waals surface area contributed by atoms with Crippen LogP contribution in [0.1, 0.15) is 33.6 Å². The summed E-state index contributed by atoms with van der Waals surface area (Å²) >= 11 is 0. The second-order valence-electron chi connectivity index (χ2n) is 6.35. The van der Waals surface area contributed by atoms with Gasteiger partial charge in [0.25, 0.3) is 0 Å². The Labute approximate surface area is 153 Å². The van der Waals surface area contributed by atoms with E-state index in [0.29, 0.717) is 16.7 Å². The van der Waals surface area contributed by atoms with Crippen LogP contribution < -0.4 is 0 Å². The summed E-state index contributed by atoms with van der Waals surface area (Å²) in [6.45, 7) is 1.81. The highest BCUT2D eigenvalue weighted by atomic mass is 19.2. The molecule has 0 saturated heterocycles. The maximum absolute atomic E-state index is 14.6. The molecule has 1 aromatic heterocycles. The lowest BCUT2D eigenvalue weighted by molar-refractivity contribution is 0.406. The number of allylic oxidation sites excluding steroid dienone is 1. The third-order valence-electron chi connectivity index (χ3n) is 4.78. The Bertz CT molecular complexity index is 1170. The summed E-state index contributed by atoms with van der Waals surface area (Å²) in [5, 5.41) is 28.8. The molecule has 3 aromatic rings. The smallest absolute Gasteiger partial charge is 0.200 e. The molecular weight excluding hydrogens is 352 g/mol. The fourth-order valence-corrected chi connectivity index (χ4v) is 3.54.